The van der Waals surface area contributed by atoms with Gasteiger partial charge < -0.3 is 10.1 Å². The van der Waals surface area contributed by atoms with Gasteiger partial charge in [0.1, 0.15) is 0 Å². The van der Waals surface area contributed by atoms with Crippen molar-refractivity contribution in [3.63, 3.8) is 0 Å². The van der Waals surface area contributed by atoms with Crippen LogP contribution >= 0.6 is 0 Å². The molecule has 0 spiro atoms. The van der Waals surface area contributed by atoms with Gasteiger partial charge in [-0.2, -0.15) is 4.31 Å². The molecule has 1 aromatic carbocycles. The third-order valence-corrected chi connectivity index (χ3v) is 10.5. The maximum atomic E-state index is 13.8. The zero-order valence-electron chi connectivity index (χ0n) is 23.0. The Morgan fingerprint density at radius 3 is 2.55 bits per heavy atom. The van der Waals surface area contributed by atoms with Crippen LogP contribution in [0.3, 0.4) is 0 Å². The molecular weight excluding hydrogens is 528 g/mol. The Kier molecular flexibility index (Phi) is 7.78. The number of hydrogen-bond acceptors (Lipinski definition) is 7. The zero-order chi connectivity index (χ0) is 27.7. The topological polar surface area (TPSA) is 111 Å². The van der Waals surface area contributed by atoms with Gasteiger partial charge >= 0.3 is 5.69 Å². The van der Waals surface area contributed by atoms with E-state index in [9.17, 15) is 13.2 Å². The van der Waals surface area contributed by atoms with E-state index in [2.05, 4.69) is 10.3 Å². The predicted molar refractivity (Wildman–Crippen MR) is 154 cm³/mol. The van der Waals surface area contributed by atoms with Crippen molar-refractivity contribution in [3.8, 4) is 17.1 Å². The summed E-state index contributed by atoms with van der Waals surface area (Å²) in [6, 6.07) is 10.1. The van der Waals surface area contributed by atoms with Crippen LogP contribution in [0.25, 0.3) is 17.1 Å². The summed E-state index contributed by atoms with van der Waals surface area (Å²) in [5.41, 5.74) is 3.21. The number of nitrogens with zero attached hydrogens (tertiary/aromatic N) is 5. The van der Waals surface area contributed by atoms with E-state index in [1.165, 1.54) is 0 Å². The van der Waals surface area contributed by atoms with E-state index < -0.39 is 10.0 Å². The highest BCUT2D eigenvalue weighted by Crippen LogP contribution is 2.30. The number of aryl methyl sites for hydroxylation is 1. The fourth-order valence-electron chi connectivity index (χ4n) is 6.37. The summed E-state index contributed by atoms with van der Waals surface area (Å²) < 4.78 is 36.0. The number of anilines is 1. The number of benzene rings is 1. The molecule has 2 saturated heterocycles. The van der Waals surface area contributed by atoms with Crippen LogP contribution < -0.4 is 11.0 Å². The Balaban J connectivity index is 1.24. The Hall–Kier alpha value is -3.02. The van der Waals surface area contributed by atoms with Gasteiger partial charge in [-0.1, -0.05) is 12.1 Å². The molecule has 3 aromatic rings. The quantitative estimate of drug-likeness (QED) is 0.482. The minimum absolute atomic E-state index is 0.0772. The highest BCUT2D eigenvalue weighted by molar-refractivity contribution is 7.89. The van der Waals surface area contributed by atoms with Gasteiger partial charge in [-0.05, 0) is 82.1 Å². The molecule has 11 heteroatoms. The maximum absolute atomic E-state index is 13.8. The van der Waals surface area contributed by atoms with E-state index in [-0.39, 0.29) is 29.6 Å². The maximum Gasteiger partial charge on any atom is 0.333 e. The Morgan fingerprint density at radius 1 is 1.00 bits per heavy atom. The molecule has 3 fully saturated rings. The van der Waals surface area contributed by atoms with Gasteiger partial charge in [-0.25, -0.2) is 23.2 Å². The van der Waals surface area contributed by atoms with Crippen molar-refractivity contribution < 1.29 is 13.2 Å². The summed E-state index contributed by atoms with van der Waals surface area (Å²) in [7, 11) is -3.12. The van der Waals surface area contributed by atoms with Crippen LogP contribution in [-0.4, -0.2) is 69.4 Å². The van der Waals surface area contributed by atoms with Crippen molar-refractivity contribution in [3.05, 3.63) is 58.8 Å². The Labute approximate surface area is 235 Å². The summed E-state index contributed by atoms with van der Waals surface area (Å²) in [6.07, 6.45) is 10.3. The number of rotatable bonds is 6. The third kappa shape index (κ3) is 5.59. The molecule has 4 heterocycles. The van der Waals surface area contributed by atoms with Crippen LogP contribution in [0, 0.1) is 6.92 Å². The van der Waals surface area contributed by atoms with E-state index in [1.807, 2.05) is 48.0 Å². The first-order chi connectivity index (χ1) is 19.4. The normalized spacial score (nSPS) is 24.1. The molecule has 1 N–H and O–H groups in total. The second-order valence-electron chi connectivity index (χ2n) is 11.3. The van der Waals surface area contributed by atoms with Crippen molar-refractivity contribution in [1.29, 1.82) is 0 Å². The number of hydrogen-bond donors (Lipinski definition) is 1. The second kappa shape index (κ2) is 11.5. The van der Waals surface area contributed by atoms with Gasteiger partial charge in [0.15, 0.2) is 0 Å². The minimum atomic E-state index is -3.12. The summed E-state index contributed by atoms with van der Waals surface area (Å²) in [5, 5.41) is 3.49. The molecule has 3 aliphatic rings. The Morgan fingerprint density at radius 2 is 1.80 bits per heavy atom. The first-order valence-corrected chi connectivity index (χ1v) is 16.1. The van der Waals surface area contributed by atoms with Crippen molar-refractivity contribution in [2.75, 3.05) is 30.8 Å². The van der Waals surface area contributed by atoms with E-state index in [1.54, 1.807) is 15.1 Å². The molecular formula is C29H38N6O4S. The van der Waals surface area contributed by atoms with Crippen molar-refractivity contribution in [2.24, 2.45) is 0 Å². The summed E-state index contributed by atoms with van der Waals surface area (Å²) in [6.45, 7) is 3.96. The molecule has 6 rings (SSSR count). The molecule has 1 aliphatic carbocycles. The third-order valence-electron chi connectivity index (χ3n) is 8.50. The van der Waals surface area contributed by atoms with Crippen LogP contribution in [0.5, 0.6) is 0 Å². The molecule has 40 heavy (non-hydrogen) atoms. The molecule has 2 aromatic heterocycles. The van der Waals surface area contributed by atoms with Gasteiger partial charge in [-0.3, -0.25) is 9.13 Å². The van der Waals surface area contributed by atoms with E-state index in [0.29, 0.717) is 31.4 Å². The Bertz CT molecular complexity index is 1500. The average molecular weight is 567 g/mol. The van der Waals surface area contributed by atoms with Gasteiger partial charge in [0.2, 0.25) is 16.0 Å². The van der Waals surface area contributed by atoms with Crippen LogP contribution in [0.15, 0.2) is 47.5 Å². The number of nitrogens with one attached hydrogen (secondary N) is 1. The van der Waals surface area contributed by atoms with E-state index in [0.717, 1.165) is 68.3 Å². The van der Waals surface area contributed by atoms with Gasteiger partial charge in [0, 0.05) is 50.3 Å². The predicted octanol–water partition coefficient (Wildman–Crippen LogP) is 3.90. The highest BCUT2D eigenvalue weighted by Gasteiger charge is 2.35. The molecule has 0 radical (unpaired) electrons. The monoisotopic (exact) mass is 566 g/mol. The standard InChI is InChI=1S/C29H38N6O4S/c1-21-5-4-6-25(19-21)35-27(20-33(29(35)36)23-12-16-39-17-13-23)26-11-14-30-28(32-26)31-22-7-9-24(10-8-22)34-15-2-3-18-40(34,37)38/h4-6,11,14,19-20,22-24H,2-3,7-10,12-13,15-18H2,1H3,(H,30,31,32). The largest absolute Gasteiger partial charge is 0.381 e. The van der Waals surface area contributed by atoms with Crippen LogP contribution in [0.2, 0.25) is 0 Å². The lowest BCUT2D eigenvalue weighted by molar-refractivity contribution is 0.0686. The van der Waals surface area contributed by atoms with Crippen molar-refractivity contribution in [2.45, 2.75) is 76.4 Å². The number of imidazole rings is 1. The molecule has 10 nitrogen and oxygen atoms in total. The number of aromatic nitrogens is 4. The summed E-state index contributed by atoms with van der Waals surface area (Å²) >= 11 is 0. The molecule has 0 unspecified atom stereocenters. The molecule has 2 aliphatic heterocycles. The number of sulfonamides is 1. The molecule has 1 saturated carbocycles. The lowest BCUT2D eigenvalue weighted by atomic mass is 9.91. The van der Waals surface area contributed by atoms with Crippen LogP contribution in [0.1, 0.15) is 63.0 Å². The van der Waals surface area contributed by atoms with E-state index >= 15 is 0 Å². The zero-order valence-corrected chi connectivity index (χ0v) is 23.9. The van der Waals surface area contributed by atoms with Gasteiger partial charge in [0.05, 0.1) is 22.8 Å². The SMILES string of the molecule is Cc1cccc(-n2c(-c3ccnc(NC4CCC(N5CCCCS5(=O)=O)CC4)n3)cn(C3CCOCC3)c2=O)c1. The lowest BCUT2D eigenvalue weighted by Crippen LogP contribution is -2.47. The first kappa shape index (κ1) is 27.2. The minimum Gasteiger partial charge on any atom is -0.381 e. The van der Waals surface area contributed by atoms with Crippen molar-refractivity contribution >= 4 is 16.0 Å². The number of ether oxygens (including phenoxy) is 1. The van der Waals surface area contributed by atoms with Crippen molar-refractivity contribution in [1.82, 2.24) is 23.4 Å². The summed E-state index contributed by atoms with van der Waals surface area (Å²) in [4.78, 5) is 23.1. The molecule has 0 amide bonds. The second-order valence-corrected chi connectivity index (χ2v) is 13.3. The van der Waals surface area contributed by atoms with E-state index in [4.69, 9.17) is 9.72 Å². The fourth-order valence-corrected chi connectivity index (χ4v) is 8.24. The van der Waals surface area contributed by atoms with Crippen LogP contribution in [0.4, 0.5) is 5.95 Å². The fraction of sp³-hybridized carbons (Fsp3) is 0.552. The first-order valence-electron chi connectivity index (χ1n) is 14.5. The average Bonchev–Trinajstić information content (AvgIpc) is 3.31. The summed E-state index contributed by atoms with van der Waals surface area (Å²) in [5.74, 6) is 0.795. The molecule has 0 atom stereocenters. The highest BCUT2D eigenvalue weighted by atomic mass is 32.2. The molecule has 0 bridgehead atoms. The smallest absolute Gasteiger partial charge is 0.333 e. The van der Waals surface area contributed by atoms with Gasteiger partial charge in [-0.15, -0.1) is 0 Å². The van der Waals surface area contributed by atoms with Crippen LogP contribution in [-0.2, 0) is 14.8 Å². The molecule has 214 valence electrons. The lowest BCUT2D eigenvalue weighted by Gasteiger charge is -2.38. The van der Waals surface area contributed by atoms with Gasteiger partial charge in [0.25, 0.3) is 0 Å².